The maximum atomic E-state index is 13.3. The lowest BCUT2D eigenvalue weighted by Gasteiger charge is -2.53. The lowest BCUT2D eigenvalue weighted by atomic mass is 9.64. The number of rotatable bonds is 1. The van der Waals surface area contributed by atoms with Crippen molar-refractivity contribution in [1.82, 2.24) is 9.88 Å². The molecule has 0 N–H and O–H groups in total. The van der Waals surface area contributed by atoms with Crippen molar-refractivity contribution in [3.63, 3.8) is 0 Å². The van der Waals surface area contributed by atoms with E-state index in [1.165, 1.54) is 0 Å². The lowest BCUT2D eigenvalue weighted by Crippen LogP contribution is -2.63. The van der Waals surface area contributed by atoms with E-state index >= 15 is 0 Å². The number of hydrogen-bond donors (Lipinski definition) is 0. The van der Waals surface area contributed by atoms with E-state index in [-0.39, 0.29) is 12.6 Å². The number of ether oxygens (including phenoxy) is 5. The van der Waals surface area contributed by atoms with Crippen LogP contribution in [-0.4, -0.2) is 65.7 Å². The number of aliphatic imine (C=N–C) groups is 1. The molecule has 0 radical (unpaired) electrons. The maximum Gasteiger partial charge on any atom is 0.428 e. The normalized spacial score (nSPS) is 21.3. The van der Waals surface area contributed by atoms with Crippen LogP contribution in [0.25, 0.3) is 11.1 Å². The zero-order valence-electron chi connectivity index (χ0n) is 23.5. The number of aryl methyl sites for hydroxylation is 1. The molecule has 10 nitrogen and oxygen atoms in total. The summed E-state index contributed by atoms with van der Waals surface area (Å²) in [5.41, 5.74) is 0.426. The summed E-state index contributed by atoms with van der Waals surface area (Å²) in [5.74, 6) is 0.664. The van der Waals surface area contributed by atoms with Crippen LogP contribution < -0.4 is 4.74 Å². The van der Waals surface area contributed by atoms with Crippen molar-refractivity contribution in [3.8, 4) is 16.9 Å². The summed E-state index contributed by atoms with van der Waals surface area (Å²) in [4.78, 5) is 36.6. The number of amides is 2. The third-order valence-electron chi connectivity index (χ3n) is 6.83. The first-order valence-corrected chi connectivity index (χ1v) is 13.0. The minimum Gasteiger partial charge on any atom is -0.492 e. The van der Waals surface area contributed by atoms with Gasteiger partial charge in [0.15, 0.2) is 0 Å². The summed E-state index contributed by atoms with van der Waals surface area (Å²) < 4.78 is 29.0. The molecule has 10 heteroatoms. The van der Waals surface area contributed by atoms with E-state index in [2.05, 4.69) is 4.98 Å². The van der Waals surface area contributed by atoms with E-state index in [9.17, 15) is 9.59 Å². The number of fused-ring (bicyclic) bond motifs is 3. The molecule has 0 aliphatic carbocycles. The van der Waals surface area contributed by atoms with Crippen LogP contribution in [0.2, 0.25) is 0 Å². The summed E-state index contributed by atoms with van der Waals surface area (Å²) in [7, 11) is 0. The minimum absolute atomic E-state index is 0.0863. The first-order valence-electron chi connectivity index (χ1n) is 13.0. The first kappa shape index (κ1) is 26.9. The molecule has 2 spiro atoms. The van der Waals surface area contributed by atoms with Gasteiger partial charge in [0.25, 0.3) is 0 Å². The number of hydrogen-bond acceptors (Lipinski definition) is 9. The van der Waals surface area contributed by atoms with Crippen molar-refractivity contribution in [2.75, 3.05) is 26.4 Å². The van der Waals surface area contributed by atoms with E-state index < -0.39 is 34.3 Å². The van der Waals surface area contributed by atoms with Crippen molar-refractivity contribution < 1.29 is 33.3 Å². The van der Waals surface area contributed by atoms with Crippen molar-refractivity contribution in [2.45, 2.75) is 65.2 Å². The number of aromatic nitrogens is 1. The summed E-state index contributed by atoms with van der Waals surface area (Å²) in [6, 6.07) is 9.71. The largest absolute Gasteiger partial charge is 0.492 e. The van der Waals surface area contributed by atoms with Crippen LogP contribution in [-0.2, 0) is 24.5 Å². The fourth-order valence-electron chi connectivity index (χ4n) is 4.94. The molecule has 0 bridgehead atoms. The van der Waals surface area contributed by atoms with Crippen molar-refractivity contribution in [1.29, 1.82) is 0 Å². The van der Waals surface area contributed by atoms with E-state index in [0.717, 1.165) is 27.3 Å². The Balaban J connectivity index is 1.62. The number of benzene rings is 1. The molecule has 2 aromatic rings. The molecule has 3 aliphatic heterocycles. The predicted molar refractivity (Wildman–Crippen MR) is 143 cm³/mol. The van der Waals surface area contributed by atoms with Gasteiger partial charge in [-0.25, -0.2) is 14.6 Å². The topological polar surface area (TPSA) is 109 Å². The zero-order chi connectivity index (χ0) is 28.2. The standard InChI is InChI=1S/C29H35N3O7/c1-18-12-20(10-11-30-18)19-8-9-22-21(13-19)29(28(16-36-22)14-35-15-28)17-37-23(31-29)32(24(33)38-26(2,3)4)25(34)39-27(5,6)7/h8-13H,14-17H2,1-7H3. The molecule has 1 unspecified atom stereocenters. The molecule has 5 rings (SSSR count). The monoisotopic (exact) mass is 537 g/mol. The van der Waals surface area contributed by atoms with Crippen molar-refractivity contribution >= 4 is 18.2 Å². The van der Waals surface area contributed by atoms with E-state index in [1.807, 2.05) is 37.3 Å². The number of imide groups is 1. The Morgan fingerprint density at radius 2 is 1.51 bits per heavy atom. The van der Waals surface area contributed by atoms with Gasteiger partial charge in [-0.3, -0.25) is 4.98 Å². The van der Waals surface area contributed by atoms with Crippen LogP contribution in [0.5, 0.6) is 5.75 Å². The van der Waals surface area contributed by atoms with Gasteiger partial charge < -0.3 is 23.7 Å². The molecule has 208 valence electrons. The van der Waals surface area contributed by atoms with Crippen LogP contribution >= 0.6 is 0 Å². The highest BCUT2D eigenvalue weighted by Gasteiger charge is 2.65. The second-order valence-electron chi connectivity index (χ2n) is 12.3. The molecule has 4 heterocycles. The Morgan fingerprint density at radius 3 is 2.08 bits per heavy atom. The van der Waals surface area contributed by atoms with Gasteiger partial charge in [-0.05, 0) is 83.9 Å². The second kappa shape index (κ2) is 9.22. The molecule has 1 aromatic heterocycles. The van der Waals surface area contributed by atoms with Gasteiger partial charge in [0.1, 0.15) is 35.7 Å². The average molecular weight is 538 g/mol. The summed E-state index contributed by atoms with van der Waals surface area (Å²) >= 11 is 0. The number of amidine groups is 1. The van der Waals surface area contributed by atoms with Gasteiger partial charge in [-0.2, -0.15) is 0 Å². The Bertz CT molecular complexity index is 1310. The van der Waals surface area contributed by atoms with E-state index in [1.54, 1.807) is 47.7 Å². The van der Waals surface area contributed by atoms with Gasteiger partial charge in [-0.1, -0.05) is 6.07 Å². The molecule has 1 fully saturated rings. The Labute approximate surface area is 228 Å². The van der Waals surface area contributed by atoms with Gasteiger partial charge in [-0.15, -0.1) is 4.90 Å². The third-order valence-corrected chi connectivity index (χ3v) is 6.83. The highest BCUT2D eigenvalue weighted by atomic mass is 16.6. The van der Waals surface area contributed by atoms with Crippen molar-refractivity contribution in [3.05, 3.63) is 47.8 Å². The molecule has 39 heavy (non-hydrogen) atoms. The molecule has 3 aliphatic rings. The maximum absolute atomic E-state index is 13.3. The van der Waals surface area contributed by atoms with Gasteiger partial charge in [0.05, 0.1) is 18.6 Å². The fourth-order valence-corrected chi connectivity index (χ4v) is 4.94. The Morgan fingerprint density at radius 1 is 0.872 bits per heavy atom. The highest BCUT2D eigenvalue weighted by Crippen LogP contribution is 2.56. The number of nitrogens with zero attached hydrogens (tertiary/aromatic N) is 3. The molecule has 1 saturated heterocycles. The van der Waals surface area contributed by atoms with Gasteiger partial charge in [0.2, 0.25) is 0 Å². The zero-order valence-corrected chi connectivity index (χ0v) is 23.5. The van der Waals surface area contributed by atoms with E-state index in [4.69, 9.17) is 28.7 Å². The van der Waals surface area contributed by atoms with Crippen LogP contribution in [0.1, 0.15) is 52.8 Å². The Hall–Kier alpha value is -3.66. The summed E-state index contributed by atoms with van der Waals surface area (Å²) in [6.45, 7) is 13.5. The average Bonchev–Trinajstić information content (AvgIpc) is 3.21. The van der Waals surface area contributed by atoms with Crippen LogP contribution in [0.15, 0.2) is 41.5 Å². The molecule has 0 saturated carbocycles. The molecular weight excluding hydrogens is 502 g/mol. The van der Waals surface area contributed by atoms with Crippen LogP contribution in [0, 0.1) is 12.3 Å². The van der Waals surface area contributed by atoms with Gasteiger partial charge in [0, 0.05) is 17.5 Å². The summed E-state index contributed by atoms with van der Waals surface area (Å²) in [6.07, 6.45) is -0.0916. The molecule has 1 atom stereocenters. The quantitative estimate of drug-likeness (QED) is 0.487. The van der Waals surface area contributed by atoms with Crippen molar-refractivity contribution in [2.24, 2.45) is 10.4 Å². The third kappa shape index (κ3) is 4.93. The molecule has 1 aromatic carbocycles. The second-order valence-corrected chi connectivity index (χ2v) is 12.3. The van der Waals surface area contributed by atoms with E-state index in [0.29, 0.717) is 25.6 Å². The fraction of sp³-hybridized carbons (Fsp3) is 0.517. The Kier molecular flexibility index (Phi) is 6.37. The molecular formula is C29H35N3O7. The SMILES string of the molecule is Cc1cc(-c2ccc3c(c2)C2(COC(N(C(=O)OC(C)(C)C)C(=O)OC(C)(C)C)=N2)C2(COC2)CO3)ccn1. The predicted octanol–water partition coefficient (Wildman–Crippen LogP) is 5.22. The first-order chi connectivity index (χ1) is 18.2. The van der Waals surface area contributed by atoms with Crippen LogP contribution in [0.3, 0.4) is 0 Å². The number of carbonyl (C=O) groups excluding carboxylic acids is 2. The number of pyridine rings is 1. The highest BCUT2D eigenvalue weighted by molar-refractivity contribution is 6.06. The lowest BCUT2D eigenvalue weighted by molar-refractivity contribution is -0.185. The van der Waals surface area contributed by atoms with Crippen LogP contribution in [0.4, 0.5) is 9.59 Å². The molecule has 2 amide bonds. The smallest absolute Gasteiger partial charge is 0.428 e. The van der Waals surface area contributed by atoms with Gasteiger partial charge >= 0.3 is 18.2 Å². The summed E-state index contributed by atoms with van der Waals surface area (Å²) in [5, 5.41) is 0. The minimum atomic E-state index is -0.964. The number of carbonyl (C=O) groups is 2.